The number of aryl methyl sites for hydroxylation is 1. The van der Waals surface area contributed by atoms with E-state index in [2.05, 4.69) is 9.97 Å². The van der Waals surface area contributed by atoms with Gasteiger partial charge in [-0.2, -0.15) is 0 Å². The van der Waals surface area contributed by atoms with E-state index >= 15 is 0 Å². The van der Waals surface area contributed by atoms with Gasteiger partial charge < -0.3 is 19.1 Å². The Morgan fingerprint density at radius 1 is 1.15 bits per heavy atom. The second-order valence-corrected chi connectivity index (χ2v) is 8.56. The summed E-state index contributed by atoms with van der Waals surface area (Å²) in [5, 5.41) is 12.0. The fraction of sp³-hybridized carbons (Fsp3) is 0.417. The lowest BCUT2D eigenvalue weighted by Crippen LogP contribution is -2.34. The molecule has 1 N–H and O–H groups in total. The third-order valence-corrected chi connectivity index (χ3v) is 5.04. The number of hydrogen-bond donors (Lipinski definition) is 1. The molecule has 2 heterocycles. The van der Waals surface area contributed by atoms with Crippen LogP contribution in [0.4, 0.5) is 13.2 Å². The molecule has 1 aromatic carbocycles. The molecular weight excluding hydrogens is 435 g/mol. The van der Waals surface area contributed by atoms with Crippen LogP contribution in [0.1, 0.15) is 36.4 Å². The molecular formula is C24H28F3N3O3. The van der Waals surface area contributed by atoms with Gasteiger partial charge in [0.05, 0.1) is 37.6 Å². The lowest BCUT2D eigenvalue weighted by molar-refractivity contribution is 0.0535. The molecule has 0 radical (unpaired) electrons. The van der Waals surface area contributed by atoms with Crippen molar-refractivity contribution in [2.45, 2.75) is 51.4 Å². The predicted molar refractivity (Wildman–Crippen MR) is 118 cm³/mol. The van der Waals surface area contributed by atoms with Crippen LogP contribution in [0.2, 0.25) is 0 Å². The average Bonchev–Trinajstić information content (AvgIpc) is 3.15. The van der Waals surface area contributed by atoms with E-state index in [-0.39, 0.29) is 24.4 Å². The molecule has 178 valence electrons. The Morgan fingerprint density at radius 3 is 2.45 bits per heavy atom. The van der Waals surface area contributed by atoms with Gasteiger partial charge in [0.1, 0.15) is 23.8 Å². The number of methoxy groups -OCH3 is 1. The summed E-state index contributed by atoms with van der Waals surface area (Å²) in [7, 11) is 1.48. The molecule has 0 saturated heterocycles. The van der Waals surface area contributed by atoms with Crippen LogP contribution in [0.3, 0.4) is 0 Å². The van der Waals surface area contributed by atoms with Gasteiger partial charge in [-0.15, -0.1) is 0 Å². The van der Waals surface area contributed by atoms with E-state index in [1.165, 1.54) is 39.3 Å². The number of nitrogens with zero attached hydrogens (tertiary/aromatic N) is 3. The number of imidazole rings is 1. The van der Waals surface area contributed by atoms with E-state index < -0.39 is 24.3 Å². The first-order valence-electron chi connectivity index (χ1n) is 10.4. The van der Waals surface area contributed by atoms with Crippen LogP contribution < -0.4 is 9.47 Å². The van der Waals surface area contributed by atoms with E-state index in [1.54, 1.807) is 35.3 Å². The van der Waals surface area contributed by atoms with Crippen LogP contribution in [-0.2, 0) is 18.6 Å². The highest BCUT2D eigenvalue weighted by Crippen LogP contribution is 2.38. The van der Waals surface area contributed by atoms with Crippen molar-refractivity contribution >= 4 is 0 Å². The maximum absolute atomic E-state index is 14.3. The van der Waals surface area contributed by atoms with Crippen molar-refractivity contribution < 1.29 is 27.8 Å². The molecule has 33 heavy (non-hydrogen) atoms. The molecule has 0 fully saturated rings. The number of alkyl halides is 3. The van der Waals surface area contributed by atoms with Gasteiger partial charge in [0.2, 0.25) is 0 Å². The number of aromatic nitrogens is 3. The second-order valence-electron chi connectivity index (χ2n) is 8.56. The first kappa shape index (κ1) is 24.6. The van der Waals surface area contributed by atoms with Crippen LogP contribution in [0.5, 0.6) is 11.5 Å². The predicted octanol–water partition coefficient (Wildman–Crippen LogP) is 4.47. The molecule has 0 aliphatic rings. The highest BCUT2D eigenvalue weighted by atomic mass is 19.3. The first-order valence-corrected chi connectivity index (χ1v) is 10.4. The third kappa shape index (κ3) is 6.25. The Morgan fingerprint density at radius 2 is 1.91 bits per heavy atom. The van der Waals surface area contributed by atoms with Crippen LogP contribution >= 0.6 is 0 Å². The van der Waals surface area contributed by atoms with Gasteiger partial charge in [-0.1, -0.05) is 6.07 Å². The van der Waals surface area contributed by atoms with Crippen molar-refractivity contribution in [2.24, 2.45) is 0 Å². The van der Waals surface area contributed by atoms with Crippen molar-refractivity contribution in [1.82, 2.24) is 14.5 Å². The Labute approximate surface area is 191 Å². The fourth-order valence-electron chi connectivity index (χ4n) is 3.67. The van der Waals surface area contributed by atoms with E-state index in [9.17, 15) is 18.3 Å². The van der Waals surface area contributed by atoms with Gasteiger partial charge in [0, 0.05) is 18.2 Å². The summed E-state index contributed by atoms with van der Waals surface area (Å²) in [6.07, 6.45) is 2.16. The SMILES string of the molecule is COc1ccc(CC(C)(C)F)cc1C(O)(Cn1cnc(C)c1)c1ccc(OCC(F)F)cn1. The van der Waals surface area contributed by atoms with Gasteiger partial charge >= 0.3 is 0 Å². The molecule has 0 amide bonds. The van der Waals surface area contributed by atoms with Crippen molar-refractivity contribution in [3.05, 3.63) is 71.6 Å². The van der Waals surface area contributed by atoms with E-state index in [0.29, 0.717) is 16.9 Å². The maximum Gasteiger partial charge on any atom is 0.272 e. The lowest BCUT2D eigenvalue weighted by atomic mass is 9.86. The molecule has 0 aliphatic carbocycles. The molecule has 3 rings (SSSR count). The minimum atomic E-state index is -2.61. The van der Waals surface area contributed by atoms with Gasteiger partial charge in [0.15, 0.2) is 5.60 Å². The quantitative estimate of drug-likeness (QED) is 0.481. The summed E-state index contributed by atoms with van der Waals surface area (Å²) in [6.45, 7) is 4.08. The van der Waals surface area contributed by atoms with Crippen LogP contribution in [0, 0.1) is 6.92 Å². The highest BCUT2D eigenvalue weighted by Gasteiger charge is 2.37. The zero-order chi connectivity index (χ0) is 24.2. The molecule has 2 aromatic heterocycles. The Kier molecular flexibility index (Phi) is 7.31. The second kappa shape index (κ2) is 9.82. The van der Waals surface area contributed by atoms with E-state index in [4.69, 9.17) is 9.47 Å². The van der Waals surface area contributed by atoms with Gasteiger partial charge in [-0.3, -0.25) is 4.98 Å². The molecule has 9 heteroatoms. The van der Waals surface area contributed by atoms with Gasteiger partial charge in [-0.05, 0) is 50.6 Å². The van der Waals surface area contributed by atoms with Crippen LogP contribution in [0.25, 0.3) is 0 Å². The lowest BCUT2D eigenvalue weighted by Gasteiger charge is -2.31. The van der Waals surface area contributed by atoms with E-state index in [1.807, 2.05) is 6.92 Å². The fourth-order valence-corrected chi connectivity index (χ4v) is 3.67. The number of rotatable bonds is 10. The smallest absolute Gasteiger partial charge is 0.272 e. The molecule has 0 bridgehead atoms. The summed E-state index contributed by atoms with van der Waals surface area (Å²) in [6, 6.07) is 8.11. The summed E-state index contributed by atoms with van der Waals surface area (Å²) >= 11 is 0. The summed E-state index contributed by atoms with van der Waals surface area (Å²) in [5.41, 5.74) is -1.07. The molecule has 3 aromatic rings. The largest absolute Gasteiger partial charge is 0.496 e. The average molecular weight is 464 g/mol. The number of benzene rings is 1. The molecule has 0 saturated carbocycles. The molecule has 1 unspecified atom stereocenters. The normalized spacial score (nSPS) is 13.7. The number of aliphatic hydroxyl groups is 1. The number of ether oxygens (including phenoxy) is 2. The third-order valence-electron chi connectivity index (χ3n) is 5.04. The van der Waals surface area contributed by atoms with Gasteiger partial charge in [0.25, 0.3) is 6.43 Å². The molecule has 0 spiro atoms. The highest BCUT2D eigenvalue weighted by molar-refractivity contribution is 5.46. The number of hydrogen-bond acceptors (Lipinski definition) is 5. The summed E-state index contributed by atoms with van der Waals surface area (Å²) in [5.74, 6) is 0.550. The zero-order valence-corrected chi connectivity index (χ0v) is 19.1. The van der Waals surface area contributed by atoms with Crippen molar-refractivity contribution in [1.29, 1.82) is 0 Å². The Hall–Kier alpha value is -3.07. The molecule has 0 aliphatic heterocycles. The summed E-state index contributed by atoms with van der Waals surface area (Å²) in [4.78, 5) is 8.52. The topological polar surface area (TPSA) is 69.4 Å². The molecule has 6 nitrogen and oxygen atoms in total. The summed E-state index contributed by atoms with van der Waals surface area (Å²) < 4.78 is 51.5. The minimum absolute atomic E-state index is 0.0386. The molecule has 1 atom stereocenters. The van der Waals surface area contributed by atoms with E-state index in [0.717, 1.165) is 5.69 Å². The van der Waals surface area contributed by atoms with Crippen molar-refractivity contribution in [3.63, 3.8) is 0 Å². The van der Waals surface area contributed by atoms with Crippen molar-refractivity contribution in [3.8, 4) is 11.5 Å². The van der Waals surface area contributed by atoms with Gasteiger partial charge in [-0.25, -0.2) is 18.2 Å². The zero-order valence-electron chi connectivity index (χ0n) is 19.1. The maximum atomic E-state index is 14.3. The first-order chi connectivity index (χ1) is 15.5. The van der Waals surface area contributed by atoms with Crippen LogP contribution in [0.15, 0.2) is 49.1 Å². The Bertz CT molecular complexity index is 1060. The standard InChI is InChI=1S/C24H28F3N3O3/c1-16-12-30(15-29-16)14-24(31,21-8-6-18(11-28-21)33-13-22(25)26)19-9-17(10-23(2,3)27)5-7-20(19)32-4/h5-9,11-12,15,22,31H,10,13-14H2,1-4H3. The Balaban J connectivity index is 2.08. The minimum Gasteiger partial charge on any atom is -0.496 e. The van der Waals surface area contributed by atoms with Crippen molar-refractivity contribution in [2.75, 3.05) is 13.7 Å². The van der Waals surface area contributed by atoms with Crippen LogP contribution in [-0.4, -0.2) is 45.5 Å². The number of halogens is 3. The monoisotopic (exact) mass is 463 g/mol. The number of pyridine rings is 1.